The first kappa shape index (κ1) is 15.4. The van der Waals surface area contributed by atoms with Crippen LogP contribution >= 0.6 is 12.0 Å². The van der Waals surface area contributed by atoms with Gasteiger partial charge < -0.3 is 4.18 Å². The van der Waals surface area contributed by atoms with Gasteiger partial charge in [0.05, 0.1) is 17.0 Å². The maximum absolute atomic E-state index is 11.2. The van der Waals surface area contributed by atoms with Crippen LogP contribution in [0.1, 0.15) is 25.3 Å². The fourth-order valence-corrected chi connectivity index (χ4v) is 2.58. The SMILES string of the molecule is CCCCc1cccc([N+](=O)[O-])c1OSc1ccccc1. The van der Waals surface area contributed by atoms with E-state index < -0.39 is 4.92 Å². The third-order valence-corrected chi connectivity index (χ3v) is 3.75. The second-order valence-electron chi connectivity index (χ2n) is 4.61. The Kier molecular flexibility index (Phi) is 5.63. The molecular formula is C16H17NO3S. The molecule has 0 unspecified atom stereocenters. The van der Waals surface area contributed by atoms with Crippen molar-refractivity contribution in [1.29, 1.82) is 0 Å². The van der Waals surface area contributed by atoms with Crippen LogP contribution < -0.4 is 4.18 Å². The molecule has 0 spiro atoms. The maximum Gasteiger partial charge on any atom is 0.312 e. The van der Waals surface area contributed by atoms with Gasteiger partial charge in [-0.1, -0.05) is 43.7 Å². The molecule has 0 fully saturated rings. The molecule has 0 aliphatic rings. The molecule has 4 nitrogen and oxygen atoms in total. The van der Waals surface area contributed by atoms with Gasteiger partial charge in [-0.05, 0) is 25.0 Å². The maximum atomic E-state index is 11.2. The van der Waals surface area contributed by atoms with Crippen molar-refractivity contribution in [1.82, 2.24) is 0 Å². The smallest absolute Gasteiger partial charge is 0.312 e. The topological polar surface area (TPSA) is 52.4 Å². The zero-order valence-corrected chi connectivity index (χ0v) is 12.6. The van der Waals surface area contributed by atoms with E-state index in [0.29, 0.717) is 5.75 Å². The molecular weight excluding hydrogens is 286 g/mol. The number of para-hydroxylation sites is 1. The number of nitro groups is 1. The van der Waals surface area contributed by atoms with Crippen LogP contribution in [0.15, 0.2) is 53.4 Å². The van der Waals surface area contributed by atoms with Crippen LogP contribution in [0.3, 0.4) is 0 Å². The molecule has 2 rings (SSSR count). The summed E-state index contributed by atoms with van der Waals surface area (Å²) < 4.78 is 5.69. The summed E-state index contributed by atoms with van der Waals surface area (Å²) in [6.07, 6.45) is 2.80. The highest BCUT2D eigenvalue weighted by atomic mass is 32.2. The second kappa shape index (κ2) is 7.69. The normalized spacial score (nSPS) is 10.3. The van der Waals surface area contributed by atoms with Crippen molar-refractivity contribution >= 4 is 17.7 Å². The molecule has 5 heteroatoms. The first-order valence-electron chi connectivity index (χ1n) is 6.88. The lowest BCUT2D eigenvalue weighted by Crippen LogP contribution is -1.97. The van der Waals surface area contributed by atoms with Crippen LogP contribution in [0, 0.1) is 10.1 Å². The predicted molar refractivity (Wildman–Crippen MR) is 84.6 cm³/mol. The Bertz CT molecular complexity index is 602. The van der Waals surface area contributed by atoms with Gasteiger partial charge in [0.2, 0.25) is 5.75 Å². The highest BCUT2D eigenvalue weighted by Gasteiger charge is 2.19. The molecule has 0 amide bonds. The molecule has 110 valence electrons. The molecule has 0 aliphatic carbocycles. The number of nitro benzene ring substituents is 1. The molecule has 0 aromatic heterocycles. The van der Waals surface area contributed by atoms with Crippen LogP contribution in [0.5, 0.6) is 5.75 Å². The fraction of sp³-hybridized carbons (Fsp3) is 0.250. The average Bonchev–Trinajstić information content (AvgIpc) is 2.52. The van der Waals surface area contributed by atoms with E-state index in [1.807, 2.05) is 36.4 Å². The van der Waals surface area contributed by atoms with E-state index in [0.717, 1.165) is 41.8 Å². The largest absolute Gasteiger partial charge is 0.413 e. The van der Waals surface area contributed by atoms with Crippen LogP contribution in [0.4, 0.5) is 5.69 Å². The van der Waals surface area contributed by atoms with Gasteiger partial charge in [-0.3, -0.25) is 10.1 Å². The fourth-order valence-electron chi connectivity index (χ4n) is 1.94. The number of aryl methyl sites for hydroxylation is 1. The standard InChI is InChI=1S/C16H17NO3S/c1-2-3-8-13-9-7-12-15(17(18)19)16(13)20-21-14-10-5-4-6-11-14/h4-7,9-12H,2-3,8H2,1H3. The molecule has 2 aromatic carbocycles. The van der Waals surface area contributed by atoms with E-state index in [1.54, 1.807) is 6.07 Å². The Hall–Kier alpha value is -2.01. The Morgan fingerprint density at radius 1 is 1.14 bits per heavy atom. The van der Waals surface area contributed by atoms with E-state index in [9.17, 15) is 10.1 Å². The van der Waals surface area contributed by atoms with E-state index in [1.165, 1.54) is 6.07 Å². The van der Waals surface area contributed by atoms with E-state index in [-0.39, 0.29) is 5.69 Å². The molecule has 21 heavy (non-hydrogen) atoms. The van der Waals surface area contributed by atoms with Gasteiger partial charge in [-0.2, -0.15) is 0 Å². The van der Waals surface area contributed by atoms with Gasteiger partial charge in [-0.15, -0.1) is 0 Å². The predicted octanol–water partition coefficient (Wildman–Crippen LogP) is 5.02. The summed E-state index contributed by atoms with van der Waals surface area (Å²) in [5.74, 6) is 0.366. The number of unbranched alkanes of at least 4 members (excludes halogenated alkanes) is 1. The molecule has 0 saturated carbocycles. The minimum absolute atomic E-state index is 0.0204. The number of nitrogens with zero attached hydrogens (tertiary/aromatic N) is 1. The quantitative estimate of drug-likeness (QED) is 0.409. The summed E-state index contributed by atoms with van der Waals surface area (Å²) >= 11 is 1.15. The number of rotatable bonds is 7. The van der Waals surface area contributed by atoms with Crippen LogP contribution in [-0.2, 0) is 6.42 Å². The van der Waals surface area contributed by atoms with Gasteiger partial charge in [0.1, 0.15) is 0 Å². The summed E-state index contributed by atoms with van der Waals surface area (Å²) in [7, 11) is 0. The highest BCUT2D eigenvalue weighted by Crippen LogP contribution is 2.36. The lowest BCUT2D eigenvalue weighted by Gasteiger charge is -2.10. The monoisotopic (exact) mass is 303 g/mol. The Morgan fingerprint density at radius 2 is 1.90 bits per heavy atom. The van der Waals surface area contributed by atoms with Crippen molar-refractivity contribution in [2.45, 2.75) is 31.1 Å². The van der Waals surface area contributed by atoms with E-state index >= 15 is 0 Å². The number of hydrogen-bond acceptors (Lipinski definition) is 4. The summed E-state index contributed by atoms with van der Waals surface area (Å²) in [6, 6.07) is 14.6. The van der Waals surface area contributed by atoms with Gasteiger partial charge >= 0.3 is 5.69 Å². The van der Waals surface area contributed by atoms with E-state index in [2.05, 4.69) is 6.92 Å². The molecule has 2 aromatic rings. The Balaban J connectivity index is 2.23. The summed E-state index contributed by atoms with van der Waals surface area (Å²) in [5, 5.41) is 11.2. The van der Waals surface area contributed by atoms with Crippen molar-refractivity contribution in [2.75, 3.05) is 0 Å². The summed E-state index contributed by atoms with van der Waals surface area (Å²) in [5.41, 5.74) is 0.904. The van der Waals surface area contributed by atoms with Gasteiger partial charge in [0.25, 0.3) is 0 Å². The first-order valence-corrected chi connectivity index (χ1v) is 7.62. The molecule has 0 aliphatic heterocycles. The second-order valence-corrected chi connectivity index (χ2v) is 5.41. The number of hydrogen-bond donors (Lipinski definition) is 0. The first-order chi connectivity index (χ1) is 10.2. The molecule has 0 bridgehead atoms. The van der Waals surface area contributed by atoms with E-state index in [4.69, 9.17) is 4.18 Å². The third kappa shape index (κ3) is 4.23. The van der Waals surface area contributed by atoms with Crippen molar-refractivity contribution in [3.05, 3.63) is 64.2 Å². The molecule has 0 heterocycles. The van der Waals surface area contributed by atoms with Crippen molar-refractivity contribution < 1.29 is 9.11 Å². The Morgan fingerprint density at radius 3 is 2.57 bits per heavy atom. The average molecular weight is 303 g/mol. The van der Waals surface area contributed by atoms with Crippen molar-refractivity contribution in [3.8, 4) is 5.75 Å². The van der Waals surface area contributed by atoms with Gasteiger partial charge in [-0.25, -0.2) is 0 Å². The third-order valence-electron chi connectivity index (χ3n) is 3.04. The van der Waals surface area contributed by atoms with Crippen molar-refractivity contribution in [3.63, 3.8) is 0 Å². The lowest BCUT2D eigenvalue weighted by molar-refractivity contribution is -0.385. The molecule has 0 saturated heterocycles. The highest BCUT2D eigenvalue weighted by molar-refractivity contribution is 7.95. The summed E-state index contributed by atoms with van der Waals surface area (Å²) in [4.78, 5) is 11.7. The van der Waals surface area contributed by atoms with Crippen LogP contribution in [-0.4, -0.2) is 4.92 Å². The lowest BCUT2D eigenvalue weighted by atomic mass is 10.1. The number of benzene rings is 2. The minimum Gasteiger partial charge on any atom is -0.413 e. The molecule has 0 atom stereocenters. The Labute approximate surface area is 128 Å². The van der Waals surface area contributed by atoms with Crippen LogP contribution in [0.25, 0.3) is 0 Å². The van der Waals surface area contributed by atoms with Gasteiger partial charge in [0, 0.05) is 16.5 Å². The zero-order chi connectivity index (χ0) is 15.1. The minimum atomic E-state index is -0.393. The molecule has 0 N–H and O–H groups in total. The zero-order valence-electron chi connectivity index (χ0n) is 11.8. The van der Waals surface area contributed by atoms with Crippen LogP contribution in [0.2, 0.25) is 0 Å². The van der Waals surface area contributed by atoms with Crippen molar-refractivity contribution in [2.24, 2.45) is 0 Å². The van der Waals surface area contributed by atoms with Gasteiger partial charge in [0.15, 0.2) is 0 Å². The summed E-state index contributed by atoms with van der Waals surface area (Å²) in [6.45, 7) is 2.09. The molecule has 0 radical (unpaired) electrons.